The lowest BCUT2D eigenvalue weighted by molar-refractivity contribution is -0.161. The second-order valence-corrected chi connectivity index (χ2v) is 5.77. The highest BCUT2D eigenvalue weighted by Crippen LogP contribution is 2.39. The molecule has 4 nitrogen and oxygen atoms in total. The molecule has 1 N–H and O–H groups in total. The Morgan fingerprint density at radius 1 is 1.24 bits per heavy atom. The van der Waals surface area contributed by atoms with Crippen LogP contribution in [0.3, 0.4) is 0 Å². The van der Waals surface area contributed by atoms with Gasteiger partial charge in [0.25, 0.3) is 0 Å². The van der Waals surface area contributed by atoms with E-state index in [9.17, 15) is 9.59 Å². The SMILES string of the molecule is CCCN1C(=O)C(C)(C)NC(=O)C12CCCC2. The molecule has 2 rings (SSSR count). The third kappa shape index (κ3) is 1.74. The van der Waals surface area contributed by atoms with Crippen molar-refractivity contribution in [3.8, 4) is 0 Å². The number of hydrogen-bond donors (Lipinski definition) is 1. The number of hydrogen-bond acceptors (Lipinski definition) is 2. The molecule has 1 spiro atoms. The fourth-order valence-electron chi connectivity index (χ4n) is 3.10. The predicted molar refractivity (Wildman–Crippen MR) is 65.4 cm³/mol. The smallest absolute Gasteiger partial charge is 0.248 e. The van der Waals surface area contributed by atoms with Gasteiger partial charge in [0.2, 0.25) is 11.8 Å². The molecule has 1 aliphatic carbocycles. The molecule has 1 saturated heterocycles. The second-order valence-electron chi connectivity index (χ2n) is 5.77. The van der Waals surface area contributed by atoms with Gasteiger partial charge in [-0.3, -0.25) is 9.59 Å². The van der Waals surface area contributed by atoms with E-state index in [1.54, 1.807) is 13.8 Å². The zero-order valence-corrected chi connectivity index (χ0v) is 11.0. The van der Waals surface area contributed by atoms with Gasteiger partial charge in [0.1, 0.15) is 11.1 Å². The molecule has 1 saturated carbocycles. The summed E-state index contributed by atoms with van der Waals surface area (Å²) in [5, 5.41) is 2.90. The van der Waals surface area contributed by atoms with Gasteiger partial charge in [-0.25, -0.2) is 0 Å². The third-order valence-corrected chi connectivity index (χ3v) is 4.02. The Balaban J connectivity index is 2.37. The molecule has 1 heterocycles. The van der Waals surface area contributed by atoms with E-state index in [0.29, 0.717) is 6.54 Å². The van der Waals surface area contributed by atoms with Crippen LogP contribution < -0.4 is 5.32 Å². The number of rotatable bonds is 2. The standard InChI is InChI=1S/C13H22N2O2/c1-4-9-15-11(17)12(2,3)14-10(16)13(15)7-5-6-8-13/h4-9H2,1-3H3,(H,14,16). The average molecular weight is 238 g/mol. The molecule has 1 aliphatic heterocycles. The molecule has 0 aromatic heterocycles. The van der Waals surface area contributed by atoms with Crippen LogP contribution in [0.1, 0.15) is 52.9 Å². The zero-order valence-electron chi connectivity index (χ0n) is 11.0. The maximum Gasteiger partial charge on any atom is 0.248 e. The van der Waals surface area contributed by atoms with Gasteiger partial charge in [0.05, 0.1) is 0 Å². The van der Waals surface area contributed by atoms with Gasteiger partial charge in [0.15, 0.2) is 0 Å². The minimum absolute atomic E-state index is 0.0491. The largest absolute Gasteiger partial charge is 0.340 e. The lowest BCUT2D eigenvalue weighted by atomic mass is 9.85. The van der Waals surface area contributed by atoms with E-state index in [4.69, 9.17) is 0 Å². The van der Waals surface area contributed by atoms with Gasteiger partial charge >= 0.3 is 0 Å². The van der Waals surface area contributed by atoms with Crippen LogP contribution in [0.15, 0.2) is 0 Å². The van der Waals surface area contributed by atoms with Crippen molar-refractivity contribution in [2.45, 2.75) is 64.0 Å². The first kappa shape index (κ1) is 12.4. The minimum Gasteiger partial charge on any atom is -0.340 e. The fraction of sp³-hybridized carbons (Fsp3) is 0.846. The summed E-state index contributed by atoms with van der Waals surface area (Å²) in [5.41, 5.74) is -1.29. The minimum atomic E-state index is -0.750. The van der Waals surface area contributed by atoms with Crippen LogP contribution in [0.5, 0.6) is 0 Å². The molecule has 0 aromatic rings. The molecule has 2 amide bonds. The molecule has 0 aromatic carbocycles. The van der Waals surface area contributed by atoms with E-state index in [2.05, 4.69) is 12.2 Å². The first-order valence-corrected chi connectivity index (χ1v) is 6.59. The van der Waals surface area contributed by atoms with E-state index in [-0.39, 0.29) is 11.8 Å². The van der Waals surface area contributed by atoms with Gasteiger partial charge < -0.3 is 10.2 Å². The van der Waals surface area contributed by atoms with Crippen LogP contribution in [0.2, 0.25) is 0 Å². The molecule has 0 atom stereocenters. The van der Waals surface area contributed by atoms with Gasteiger partial charge in [-0.15, -0.1) is 0 Å². The highest BCUT2D eigenvalue weighted by molar-refractivity contribution is 6.02. The van der Waals surface area contributed by atoms with E-state index in [1.165, 1.54) is 0 Å². The third-order valence-electron chi connectivity index (χ3n) is 4.02. The Kier molecular flexibility index (Phi) is 2.92. The van der Waals surface area contributed by atoms with Crippen LogP contribution in [0.4, 0.5) is 0 Å². The van der Waals surface area contributed by atoms with Gasteiger partial charge in [0, 0.05) is 6.54 Å². The monoisotopic (exact) mass is 238 g/mol. The fourth-order valence-corrected chi connectivity index (χ4v) is 3.10. The number of carbonyl (C=O) groups excluding carboxylic acids is 2. The van der Waals surface area contributed by atoms with Crippen molar-refractivity contribution in [2.24, 2.45) is 0 Å². The molecule has 0 bridgehead atoms. The number of piperazine rings is 1. The number of nitrogens with zero attached hydrogens (tertiary/aromatic N) is 1. The summed E-state index contributed by atoms with van der Waals surface area (Å²) >= 11 is 0. The molecular formula is C13H22N2O2. The van der Waals surface area contributed by atoms with Crippen LogP contribution in [0, 0.1) is 0 Å². The van der Waals surface area contributed by atoms with Crippen molar-refractivity contribution < 1.29 is 9.59 Å². The second kappa shape index (κ2) is 4.00. The van der Waals surface area contributed by atoms with Crippen molar-refractivity contribution in [3.63, 3.8) is 0 Å². The first-order chi connectivity index (χ1) is 7.94. The normalized spacial score (nSPS) is 26.4. The summed E-state index contributed by atoms with van der Waals surface area (Å²) in [7, 11) is 0. The first-order valence-electron chi connectivity index (χ1n) is 6.59. The van der Waals surface area contributed by atoms with Gasteiger partial charge in [-0.05, 0) is 33.1 Å². The molecule has 0 radical (unpaired) electrons. The van der Waals surface area contributed by atoms with E-state index < -0.39 is 11.1 Å². The van der Waals surface area contributed by atoms with E-state index in [1.807, 2.05) is 4.90 Å². The van der Waals surface area contributed by atoms with Crippen LogP contribution >= 0.6 is 0 Å². The number of carbonyl (C=O) groups is 2. The number of amides is 2. The summed E-state index contributed by atoms with van der Waals surface area (Å²) < 4.78 is 0. The molecule has 2 aliphatic rings. The van der Waals surface area contributed by atoms with Gasteiger partial charge in [-0.1, -0.05) is 19.8 Å². The molecule has 4 heteroatoms. The molecule has 0 unspecified atom stereocenters. The highest BCUT2D eigenvalue weighted by atomic mass is 16.2. The Morgan fingerprint density at radius 2 is 1.82 bits per heavy atom. The lowest BCUT2D eigenvalue weighted by Gasteiger charge is -2.49. The van der Waals surface area contributed by atoms with Crippen molar-refractivity contribution in [1.82, 2.24) is 10.2 Å². The Labute approximate surface area is 103 Å². The molecule has 2 fully saturated rings. The van der Waals surface area contributed by atoms with Crippen molar-refractivity contribution in [1.29, 1.82) is 0 Å². The van der Waals surface area contributed by atoms with Crippen LogP contribution in [-0.4, -0.2) is 34.3 Å². The number of nitrogens with one attached hydrogen (secondary N) is 1. The zero-order chi connectivity index (χ0) is 12.7. The highest BCUT2D eigenvalue weighted by Gasteiger charge is 2.55. The average Bonchev–Trinajstić information content (AvgIpc) is 2.72. The maximum absolute atomic E-state index is 12.5. The van der Waals surface area contributed by atoms with Crippen LogP contribution in [-0.2, 0) is 9.59 Å². The summed E-state index contributed by atoms with van der Waals surface area (Å²) in [6.45, 7) is 6.32. The van der Waals surface area contributed by atoms with Crippen molar-refractivity contribution in [3.05, 3.63) is 0 Å². The maximum atomic E-state index is 12.5. The van der Waals surface area contributed by atoms with Gasteiger partial charge in [-0.2, -0.15) is 0 Å². The molecular weight excluding hydrogens is 216 g/mol. The predicted octanol–water partition coefficient (Wildman–Crippen LogP) is 1.45. The lowest BCUT2D eigenvalue weighted by Crippen LogP contribution is -2.73. The Morgan fingerprint density at radius 3 is 2.35 bits per heavy atom. The summed E-state index contributed by atoms with van der Waals surface area (Å²) in [5.74, 6) is 0.119. The molecule has 96 valence electrons. The van der Waals surface area contributed by atoms with E-state index in [0.717, 1.165) is 32.1 Å². The van der Waals surface area contributed by atoms with Crippen molar-refractivity contribution in [2.75, 3.05) is 6.54 Å². The Hall–Kier alpha value is -1.06. The Bertz CT molecular complexity index is 343. The quantitative estimate of drug-likeness (QED) is 0.791. The summed E-state index contributed by atoms with van der Waals surface area (Å²) in [6.07, 6.45) is 4.63. The van der Waals surface area contributed by atoms with Crippen molar-refractivity contribution >= 4 is 11.8 Å². The van der Waals surface area contributed by atoms with Crippen LogP contribution in [0.25, 0.3) is 0 Å². The van der Waals surface area contributed by atoms with E-state index >= 15 is 0 Å². The summed E-state index contributed by atoms with van der Waals surface area (Å²) in [4.78, 5) is 26.7. The molecule has 17 heavy (non-hydrogen) atoms. The summed E-state index contributed by atoms with van der Waals surface area (Å²) in [6, 6.07) is 0. The topological polar surface area (TPSA) is 49.4 Å².